The van der Waals surface area contributed by atoms with Crippen molar-refractivity contribution in [2.75, 3.05) is 13.1 Å². The summed E-state index contributed by atoms with van der Waals surface area (Å²) in [4.78, 5) is 2.36. The molecule has 0 aliphatic heterocycles. The molecule has 2 nitrogen and oxygen atoms in total. The van der Waals surface area contributed by atoms with E-state index >= 15 is 0 Å². The molecule has 0 amide bonds. The summed E-state index contributed by atoms with van der Waals surface area (Å²) in [6, 6.07) is 18.6. The van der Waals surface area contributed by atoms with Crippen molar-refractivity contribution in [2.24, 2.45) is 5.73 Å². The van der Waals surface area contributed by atoms with Crippen molar-refractivity contribution < 1.29 is 0 Å². The molecule has 0 aliphatic carbocycles. The molecule has 0 fully saturated rings. The number of rotatable bonds is 6. The molecule has 0 saturated heterocycles. The van der Waals surface area contributed by atoms with E-state index < -0.39 is 0 Å². The first kappa shape index (κ1) is 15.0. The van der Waals surface area contributed by atoms with Crippen LogP contribution in [0.1, 0.15) is 24.1 Å². The highest BCUT2D eigenvalue weighted by atomic mass is 35.5. The first-order chi connectivity index (χ1) is 9.76. The van der Waals surface area contributed by atoms with E-state index in [9.17, 15) is 0 Å². The lowest BCUT2D eigenvalue weighted by atomic mass is 10.0. The van der Waals surface area contributed by atoms with Crippen LogP contribution in [-0.2, 0) is 6.54 Å². The molecule has 0 radical (unpaired) electrons. The average Bonchev–Trinajstić information content (AvgIpc) is 2.49. The quantitative estimate of drug-likeness (QED) is 0.874. The second-order valence-electron chi connectivity index (χ2n) is 4.82. The van der Waals surface area contributed by atoms with Gasteiger partial charge >= 0.3 is 0 Å². The normalized spacial score (nSPS) is 12.6. The third-order valence-electron chi connectivity index (χ3n) is 3.56. The lowest BCUT2D eigenvalue weighted by Gasteiger charge is -2.30. The van der Waals surface area contributed by atoms with Gasteiger partial charge in [-0.25, -0.2) is 0 Å². The Bertz CT molecular complexity index is 528. The van der Waals surface area contributed by atoms with Crippen LogP contribution < -0.4 is 5.73 Å². The number of likely N-dealkylation sites (N-methyl/N-ethyl adjacent to an activating group) is 1. The van der Waals surface area contributed by atoms with E-state index in [1.807, 2.05) is 24.3 Å². The summed E-state index contributed by atoms with van der Waals surface area (Å²) in [5.74, 6) is 0. The number of halogens is 1. The molecule has 0 spiro atoms. The van der Waals surface area contributed by atoms with Crippen LogP contribution in [0.5, 0.6) is 0 Å². The zero-order valence-electron chi connectivity index (χ0n) is 11.8. The topological polar surface area (TPSA) is 29.3 Å². The van der Waals surface area contributed by atoms with E-state index in [1.165, 1.54) is 5.56 Å². The fraction of sp³-hybridized carbons (Fsp3) is 0.294. The van der Waals surface area contributed by atoms with Gasteiger partial charge in [0.05, 0.1) is 0 Å². The molecule has 20 heavy (non-hydrogen) atoms. The minimum atomic E-state index is 0.147. The van der Waals surface area contributed by atoms with Gasteiger partial charge in [0.15, 0.2) is 0 Å². The van der Waals surface area contributed by atoms with E-state index in [1.54, 1.807) is 0 Å². The predicted molar refractivity (Wildman–Crippen MR) is 85.8 cm³/mol. The Morgan fingerprint density at radius 2 is 1.70 bits per heavy atom. The molecule has 0 bridgehead atoms. The third kappa shape index (κ3) is 3.60. The van der Waals surface area contributed by atoms with Crippen molar-refractivity contribution in [2.45, 2.75) is 19.5 Å². The third-order valence-corrected chi connectivity index (χ3v) is 3.91. The number of benzene rings is 2. The van der Waals surface area contributed by atoms with Gasteiger partial charge in [0, 0.05) is 24.2 Å². The van der Waals surface area contributed by atoms with Crippen LogP contribution in [0.2, 0.25) is 5.02 Å². The molecule has 1 unspecified atom stereocenters. The molecule has 2 aromatic carbocycles. The van der Waals surface area contributed by atoms with Crippen LogP contribution in [-0.4, -0.2) is 18.0 Å². The summed E-state index contributed by atoms with van der Waals surface area (Å²) < 4.78 is 0. The van der Waals surface area contributed by atoms with Gasteiger partial charge in [-0.2, -0.15) is 0 Å². The second-order valence-corrected chi connectivity index (χ2v) is 5.23. The number of hydrogen-bond donors (Lipinski definition) is 1. The zero-order valence-corrected chi connectivity index (χ0v) is 12.6. The maximum absolute atomic E-state index is 6.32. The maximum atomic E-state index is 6.32. The Morgan fingerprint density at radius 3 is 2.30 bits per heavy atom. The number of nitrogens with two attached hydrogens (primary N) is 1. The van der Waals surface area contributed by atoms with Crippen LogP contribution in [0.3, 0.4) is 0 Å². The first-order valence-corrected chi connectivity index (χ1v) is 7.36. The molecule has 3 heteroatoms. The van der Waals surface area contributed by atoms with Crippen LogP contribution in [0, 0.1) is 0 Å². The average molecular weight is 289 g/mol. The van der Waals surface area contributed by atoms with Gasteiger partial charge in [-0.1, -0.05) is 67.1 Å². The van der Waals surface area contributed by atoms with Crippen molar-refractivity contribution in [3.63, 3.8) is 0 Å². The number of nitrogens with zero attached hydrogens (tertiary/aromatic N) is 1. The zero-order chi connectivity index (χ0) is 14.4. The monoisotopic (exact) mass is 288 g/mol. The van der Waals surface area contributed by atoms with Crippen molar-refractivity contribution in [3.05, 3.63) is 70.7 Å². The standard InChI is InChI=1S/C17H21ClN2/c1-2-20(13-14-8-4-3-5-9-14)17(12-19)15-10-6-7-11-16(15)18/h3-11,17H,2,12-13,19H2,1H3. The van der Waals surface area contributed by atoms with Gasteiger partial charge in [-0.15, -0.1) is 0 Å². The minimum absolute atomic E-state index is 0.147. The largest absolute Gasteiger partial charge is 0.329 e. The molecule has 106 valence electrons. The van der Waals surface area contributed by atoms with Crippen molar-refractivity contribution in [1.82, 2.24) is 4.90 Å². The van der Waals surface area contributed by atoms with Crippen LogP contribution in [0.4, 0.5) is 0 Å². The van der Waals surface area contributed by atoms with E-state index in [0.717, 1.165) is 23.7 Å². The summed E-state index contributed by atoms with van der Waals surface area (Å²) in [7, 11) is 0. The Kier molecular flexibility index (Phi) is 5.60. The van der Waals surface area contributed by atoms with Crippen molar-refractivity contribution in [3.8, 4) is 0 Å². The molecular weight excluding hydrogens is 268 g/mol. The lowest BCUT2D eigenvalue weighted by molar-refractivity contribution is 0.203. The van der Waals surface area contributed by atoms with Gasteiger partial charge in [0.2, 0.25) is 0 Å². The molecule has 0 saturated carbocycles. The molecule has 0 aromatic heterocycles. The van der Waals surface area contributed by atoms with Gasteiger partial charge in [0.1, 0.15) is 0 Å². The molecular formula is C17H21ClN2. The summed E-state index contributed by atoms with van der Waals surface area (Å²) >= 11 is 6.32. The van der Waals surface area contributed by atoms with E-state index in [0.29, 0.717) is 6.54 Å². The van der Waals surface area contributed by atoms with Crippen molar-refractivity contribution >= 4 is 11.6 Å². The Labute approximate surface area is 126 Å². The fourth-order valence-electron chi connectivity index (χ4n) is 2.48. The van der Waals surface area contributed by atoms with Gasteiger partial charge in [-0.05, 0) is 23.7 Å². The molecule has 2 aromatic rings. The molecule has 2 rings (SSSR count). The second kappa shape index (κ2) is 7.44. The van der Waals surface area contributed by atoms with Gasteiger partial charge in [0.25, 0.3) is 0 Å². The predicted octanol–water partition coefficient (Wildman–Crippen LogP) is 3.86. The van der Waals surface area contributed by atoms with E-state index in [-0.39, 0.29) is 6.04 Å². The Balaban J connectivity index is 2.22. The molecule has 1 atom stereocenters. The Morgan fingerprint density at radius 1 is 1.05 bits per heavy atom. The summed E-state index contributed by atoms with van der Waals surface area (Å²) in [5.41, 5.74) is 8.40. The smallest absolute Gasteiger partial charge is 0.0488 e. The van der Waals surface area contributed by atoms with Crippen LogP contribution in [0.15, 0.2) is 54.6 Å². The minimum Gasteiger partial charge on any atom is -0.329 e. The Hall–Kier alpha value is -1.35. The van der Waals surface area contributed by atoms with Crippen molar-refractivity contribution in [1.29, 1.82) is 0 Å². The van der Waals surface area contributed by atoms with Gasteiger partial charge in [-0.3, -0.25) is 4.90 Å². The van der Waals surface area contributed by atoms with Crippen LogP contribution in [0.25, 0.3) is 0 Å². The van der Waals surface area contributed by atoms with E-state index in [2.05, 4.69) is 42.2 Å². The lowest BCUT2D eigenvalue weighted by Crippen LogP contribution is -2.33. The summed E-state index contributed by atoms with van der Waals surface area (Å²) in [6.45, 7) is 4.53. The SMILES string of the molecule is CCN(Cc1ccccc1)C(CN)c1ccccc1Cl. The molecule has 0 heterocycles. The highest BCUT2D eigenvalue weighted by Gasteiger charge is 2.19. The molecule has 2 N–H and O–H groups in total. The summed E-state index contributed by atoms with van der Waals surface area (Å²) in [6.07, 6.45) is 0. The fourth-order valence-corrected chi connectivity index (χ4v) is 2.74. The molecule has 0 aliphatic rings. The van der Waals surface area contributed by atoms with Gasteiger partial charge < -0.3 is 5.73 Å². The van der Waals surface area contributed by atoms with E-state index in [4.69, 9.17) is 17.3 Å². The first-order valence-electron chi connectivity index (χ1n) is 6.98. The highest BCUT2D eigenvalue weighted by molar-refractivity contribution is 6.31. The highest BCUT2D eigenvalue weighted by Crippen LogP contribution is 2.27. The maximum Gasteiger partial charge on any atom is 0.0488 e. The summed E-state index contributed by atoms with van der Waals surface area (Å²) in [5, 5.41) is 0.787. The van der Waals surface area contributed by atoms with Crippen LogP contribution >= 0.6 is 11.6 Å². The number of hydrogen-bond acceptors (Lipinski definition) is 2.